The number of thioether (sulfide) groups is 1. The van der Waals surface area contributed by atoms with E-state index >= 15 is 0 Å². The molecule has 0 bridgehead atoms. The first-order valence-corrected chi connectivity index (χ1v) is 10.3. The van der Waals surface area contributed by atoms with Crippen LogP contribution in [0.5, 0.6) is 0 Å². The number of nitrogen functional groups attached to an aromatic ring is 1. The molecule has 0 radical (unpaired) electrons. The maximum Gasteiger partial charge on any atom is 0.0468 e. The number of allylic oxidation sites excluding steroid dienone is 1. The lowest BCUT2D eigenvalue weighted by Crippen LogP contribution is -2.30. The van der Waals surface area contributed by atoms with Crippen molar-refractivity contribution in [3.8, 4) is 0 Å². The van der Waals surface area contributed by atoms with Gasteiger partial charge in [0.05, 0.1) is 0 Å². The smallest absolute Gasteiger partial charge is 0.0468 e. The zero-order valence-corrected chi connectivity index (χ0v) is 16.8. The van der Waals surface area contributed by atoms with Gasteiger partial charge in [-0.2, -0.15) is 0 Å². The lowest BCUT2D eigenvalue weighted by Gasteiger charge is -2.30. The van der Waals surface area contributed by atoms with Gasteiger partial charge in [0.25, 0.3) is 0 Å². The Morgan fingerprint density at radius 2 is 2.08 bits per heavy atom. The second-order valence-corrected chi connectivity index (χ2v) is 8.62. The summed E-state index contributed by atoms with van der Waals surface area (Å²) in [4.78, 5) is 2.35. The molecule has 1 saturated heterocycles. The molecule has 0 aromatic heterocycles. The number of ether oxygens (including phenoxy) is 1. The third kappa shape index (κ3) is 6.36. The van der Waals surface area contributed by atoms with Crippen molar-refractivity contribution in [1.82, 2.24) is 5.32 Å². The van der Waals surface area contributed by atoms with Gasteiger partial charge in [0.2, 0.25) is 0 Å². The van der Waals surface area contributed by atoms with E-state index in [0.29, 0.717) is 11.8 Å². The standard InChI is InChI=1S/C21H34N2OS/c1-15(2)18-7-8-20(22)21(13-18)25-16(3)5-6-19(14-23-4)17-9-11-24-12-10-17/h7-8,13,15,17,19,23H,3,5-6,9-12,14,22H2,1-2,4H3. The molecule has 25 heavy (non-hydrogen) atoms. The van der Waals surface area contributed by atoms with Gasteiger partial charge in [0.1, 0.15) is 0 Å². The molecular formula is C21H34N2OS. The average molecular weight is 363 g/mol. The Bertz CT molecular complexity index is 553. The molecular weight excluding hydrogens is 328 g/mol. The molecule has 1 aromatic carbocycles. The Morgan fingerprint density at radius 1 is 1.36 bits per heavy atom. The van der Waals surface area contributed by atoms with E-state index in [2.05, 4.69) is 37.9 Å². The number of benzene rings is 1. The molecule has 3 nitrogen and oxygen atoms in total. The Hall–Kier alpha value is -0.970. The molecule has 1 atom stereocenters. The molecule has 1 aliphatic heterocycles. The van der Waals surface area contributed by atoms with Gasteiger partial charge >= 0.3 is 0 Å². The van der Waals surface area contributed by atoms with Crippen LogP contribution in [0.3, 0.4) is 0 Å². The average Bonchev–Trinajstić information content (AvgIpc) is 2.61. The van der Waals surface area contributed by atoms with Gasteiger partial charge in [-0.25, -0.2) is 0 Å². The van der Waals surface area contributed by atoms with E-state index in [1.165, 1.54) is 29.7 Å². The maximum absolute atomic E-state index is 6.17. The van der Waals surface area contributed by atoms with Gasteiger partial charge in [-0.05, 0) is 79.6 Å². The van der Waals surface area contributed by atoms with E-state index in [0.717, 1.165) is 42.7 Å². The second-order valence-electron chi connectivity index (χ2n) is 7.40. The summed E-state index contributed by atoms with van der Waals surface area (Å²) in [6, 6.07) is 6.37. The molecule has 140 valence electrons. The minimum atomic E-state index is 0.516. The molecule has 1 unspecified atom stereocenters. The van der Waals surface area contributed by atoms with Gasteiger partial charge in [0, 0.05) is 23.8 Å². The first kappa shape index (κ1) is 20.3. The van der Waals surface area contributed by atoms with Crippen molar-refractivity contribution in [2.75, 3.05) is 32.5 Å². The first-order valence-electron chi connectivity index (χ1n) is 9.48. The monoisotopic (exact) mass is 362 g/mol. The van der Waals surface area contributed by atoms with Crippen molar-refractivity contribution in [2.45, 2.75) is 50.3 Å². The quantitative estimate of drug-likeness (QED) is 0.477. The molecule has 0 aliphatic carbocycles. The number of hydrogen-bond acceptors (Lipinski definition) is 4. The highest BCUT2D eigenvalue weighted by Gasteiger charge is 2.23. The zero-order chi connectivity index (χ0) is 18.2. The van der Waals surface area contributed by atoms with Crippen molar-refractivity contribution in [3.05, 3.63) is 35.2 Å². The van der Waals surface area contributed by atoms with Gasteiger partial charge in [-0.1, -0.05) is 38.3 Å². The predicted octanol–water partition coefficient (Wildman–Crippen LogP) is 5.04. The highest BCUT2D eigenvalue weighted by atomic mass is 32.2. The van der Waals surface area contributed by atoms with E-state index in [1.807, 2.05) is 13.1 Å². The summed E-state index contributed by atoms with van der Waals surface area (Å²) >= 11 is 1.74. The van der Waals surface area contributed by atoms with Gasteiger partial charge in [0.15, 0.2) is 0 Å². The maximum atomic E-state index is 6.17. The second kappa shape index (κ2) is 10.2. The van der Waals surface area contributed by atoms with E-state index in [4.69, 9.17) is 10.5 Å². The van der Waals surface area contributed by atoms with E-state index in [9.17, 15) is 0 Å². The van der Waals surface area contributed by atoms with Crippen LogP contribution in [0.15, 0.2) is 34.6 Å². The topological polar surface area (TPSA) is 47.3 Å². The van der Waals surface area contributed by atoms with Crippen LogP contribution in [-0.2, 0) is 4.74 Å². The highest BCUT2D eigenvalue weighted by molar-refractivity contribution is 8.03. The summed E-state index contributed by atoms with van der Waals surface area (Å²) in [5, 5.41) is 3.37. The fourth-order valence-corrected chi connectivity index (χ4v) is 4.42. The summed E-state index contributed by atoms with van der Waals surface area (Å²) in [7, 11) is 2.05. The lowest BCUT2D eigenvalue weighted by atomic mass is 9.83. The molecule has 1 aromatic rings. The Morgan fingerprint density at radius 3 is 2.72 bits per heavy atom. The zero-order valence-electron chi connectivity index (χ0n) is 16.0. The molecule has 1 aliphatic rings. The molecule has 0 saturated carbocycles. The van der Waals surface area contributed by atoms with Gasteiger partial charge < -0.3 is 15.8 Å². The van der Waals surface area contributed by atoms with Crippen LogP contribution in [0.25, 0.3) is 0 Å². The van der Waals surface area contributed by atoms with Crippen LogP contribution >= 0.6 is 11.8 Å². The van der Waals surface area contributed by atoms with Crippen LogP contribution in [0.2, 0.25) is 0 Å². The number of anilines is 1. The van der Waals surface area contributed by atoms with Crippen molar-refractivity contribution in [3.63, 3.8) is 0 Å². The summed E-state index contributed by atoms with van der Waals surface area (Å²) in [5.41, 5.74) is 8.36. The van der Waals surface area contributed by atoms with Crippen LogP contribution in [0.1, 0.15) is 51.0 Å². The minimum absolute atomic E-state index is 0.516. The molecule has 3 N–H and O–H groups in total. The largest absolute Gasteiger partial charge is 0.398 e. The fraction of sp³-hybridized carbons (Fsp3) is 0.619. The van der Waals surface area contributed by atoms with E-state index < -0.39 is 0 Å². The molecule has 2 rings (SSSR count). The summed E-state index contributed by atoms with van der Waals surface area (Å²) < 4.78 is 5.52. The molecule has 0 spiro atoms. The number of hydrogen-bond donors (Lipinski definition) is 2. The molecule has 0 amide bonds. The third-order valence-electron chi connectivity index (χ3n) is 5.15. The van der Waals surface area contributed by atoms with Crippen molar-refractivity contribution in [2.24, 2.45) is 11.8 Å². The Labute approximate surface area is 157 Å². The van der Waals surface area contributed by atoms with Crippen molar-refractivity contribution < 1.29 is 4.74 Å². The lowest BCUT2D eigenvalue weighted by molar-refractivity contribution is 0.0453. The normalized spacial score (nSPS) is 17.0. The SMILES string of the molecule is C=C(CCC(CNC)C1CCOCC1)Sc1cc(C(C)C)ccc1N. The fourth-order valence-electron chi connectivity index (χ4n) is 3.51. The van der Waals surface area contributed by atoms with Crippen LogP contribution < -0.4 is 11.1 Å². The third-order valence-corrected chi connectivity index (χ3v) is 6.22. The van der Waals surface area contributed by atoms with E-state index in [1.54, 1.807) is 11.8 Å². The summed E-state index contributed by atoms with van der Waals surface area (Å²) in [6.45, 7) is 11.6. The number of rotatable bonds is 9. The summed E-state index contributed by atoms with van der Waals surface area (Å²) in [5.74, 6) is 1.99. The first-order chi connectivity index (χ1) is 12.0. The number of nitrogens with two attached hydrogens (primary N) is 1. The Kier molecular flexibility index (Phi) is 8.34. The minimum Gasteiger partial charge on any atom is -0.398 e. The summed E-state index contributed by atoms with van der Waals surface area (Å²) in [6.07, 6.45) is 4.60. The Balaban J connectivity index is 1.91. The highest BCUT2D eigenvalue weighted by Crippen LogP contribution is 2.36. The molecule has 1 fully saturated rings. The van der Waals surface area contributed by atoms with Crippen LogP contribution in [-0.4, -0.2) is 26.8 Å². The number of nitrogens with one attached hydrogen (secondary N) is 1. The molecule has 4 heteroatoms. The molecule has 1 heterocycles. The van der Waals surface area contributed by atoms with Crippen LogP contribution in [0.4, 0.5) is 5.69 Å². The van der Waals surface area contributed by atoms with Gasteiger partial charge in [-0.15, -0.1) is 0 Å². The van der Waals surface area contributed by atoms with Gasteiger partial charge in [-0.3, -0.25) is 0 Å². The predicted molar refractivity (Wildman–Crippen MR) is 110 cm³/mol. The van der Waals surface area contributed by atoms with Crippen LogP contribution in [0, 0.1) is 11.8 Å². The van der Waals surface area contributed by atoms with E-state index in [-0.39, 0.29) is 0 Å². The van der Waals surface area contributed by atoms with Crippen molar-refractivity contribution in [1.29, 1.82) is 0 Å². The van der Waals surface area contributed by atoms with Crippen molar-refractivity contribution >= 4 is 17.4 Å².